The summed E-state index contributed by atoms with van der Waals surface area (Å²) in [6, 6.07) is 7.70. The summed E-state index contributed by atoms with van der Waals surface area (Å²) in [5, 5.41) is 3.13. The van der Waals surface area contributed by atoms with Crippen LogP contribution in [-0.4, -0.2) is 6.21 Å². The van der Waals surface area contributed by atoms with Crippen molar-refractivity contribution in [2.45, 2.75) is 0 Å². The van der Waals surface area contributed by atoms with E-state index in [0.29, 0.717) is 0 Å². The molecule has 1 aliphatic heterocycles. The summed E-state index contributed by atoms with van der Waals surface area (Å²) in [7, 11) is 0. The molecule has 0 radical (unpaired) electrons. The van der Waals surface area contributed by atoms with Gasteiger partial charge in [0.25, 0.3) is 0 Å². The molecule has 0 aliphatic carbocycles. The third kappa shape index (κ3) is 1.82. The van der Waals surface area contributed by atoms with Gasteiger partial charge in [-0.25, -0.2) is 0 Å². The van der Waals surface area contributed by atoms with Gasteiger partial charge in [-0.1, -0.05) is 12.1 Å². The molecular formula is C11H11N3. The second kappa shape index (κ2) is 3.79. The van der Waals surface area contributed by atoms with E-state index in [1.807, 2.05) is 30.3 Å². The van der Waals surface area contributed by atoms with Crippen molar-refractivity contribution in [3.8, 4) is 0 Å². The highest BCUT2D eigenvalue weighted by Crippen LogP contribution is 2.13. The first-order valence-electron chi connectivity index (χ1n) is 4.37. The summed E-state index contributed by atoms with van der Waals surface area (Å²) < 4.78 is 0. The topological polar surface area (TPSA) is 50.4 Å². The molecule has 0 amide bonds. The van der Waals surface area contributed by atoms with Crippen LogP contribution in [-0.2, 0) is 0 Å². The SMILES string of the molecule is Nc1ccc(C2=CC=NC=CN2)cc1. The molecule has 14 heavy (non-hydrogen) atoms. The fourth-order valence-corrected chi connectivity index (χ4v) is 1.23. The quantitative estimate of drug-likeness (QED) is 0.655. The maximum atomic E-state index is 5.61. The second-order valence-electron chi connectivity index (χ2n) is 2.96. The third-order valence-electron chi connectivity index (χ3n) is 1.95. The van der Waals surface area contributed by atoms with Crippen molar-refractivity contribution < 1.29 is 0 Å². The van der Waals surface area contributed by atoms with Gasteiger partial charge in [-0.05, 0) is 23.8 Å². The average molecular weight is 185 g/mol. The molecule has 0 saturated carbocycles. The van der Waals surface area contributed by atoms with Crippen LogP contribution < -0.4 is 11.1 Å². The minimum absolute atomic E-state index is 0.771. The number of allylic oxidation sites excluding steroid dienone is 1. The van der Waals surface area contributed by atoms with E-state index < -0.39 is 0 Å². The molecule has 1 heterocycles. The molecule has 1 aliphatic rings. The van der Waals surface area contributed by atoms with E-state index in [2.05, 4.69) is 10.3 Å². The Morgan fingerprint density at radius 1 is 1.14 bits per heavy atom. The van der Waals surface area contributed by atoms with Crippen LogP contribution in [0.1, 0.15) is 5.56 Å². The molecule has 3 heteroatoms. The van der Waals surface area contributed by atoms with Gasteiger partial charge in [0, 0.05) is 30.0 Å². The highest BCUT2D eigenvalue weighted by molar-refractivity contribution is 5.85. The van der Waals surface area contributed by atoms with Gasteiger partial charge in [0.15, 0.2) is 0 Å². The third-order valence-corrected chi connectivity index (χ3v) is 1.95. The van der Waals surface area contributed by atoms with Crippen molar-refractivity contribution in [1.29, 1.82) is 0 Å². The summed E-state index contributed by atoms with van der Waals surface area (Å²) in [4.78, 5) is 3.99. The molecule has 3 N–H and O–H groups in total. The average Bonchev–Trinajstić information content (AvgIpc) is 2.47. The van der Waals surface area contributed by atoms with Crippen LogP contribution >= 0.6 is 0 Å². The van der Waals surface area contributed by atoms with Gasteiger partial charge >= 0.3 is 0 Å². The Balaban J connectivity index is 2.31. The van der Waals surface area contributed by atoms with Gasteiger partial charge in [0.1, 0.15) is 0 Å². The first-order valence-corrected chi connectivity index (χ1v) is 4.37. The molecular weight excluding hydrogens is 174 g/mol. The summed E-state index contributed by atoms with van der Waals surface area (Å²) in [6.07, 6.45) is 7.18. The van der Waals surface area contributed by atoms with Crippen molar-refractivity contribution in [2.24, 2.45) is 4.99 Å². The summed E-state index contributed by atoms with van der Waals surface area (Å²) in [6.45, 7) is 0. The molecule has 1 aromatic carbocycles. The Kier molecular flexibility index (Phi) is 2.32. The number of hydrogen-bond acceptors (Lipinski definition) is 3. The number of nitrogens with zero attached hydrogens (tertiary/aromatic N) is 1. The number of nitrogens with one attached hydrogen (secondary N) is 1. The normalized spacial score (nSPS) is 14.4. The molecule has 0 atom stereocenters. The smallest absolute Gasteiger partial charge is 0.0469 e. The zero-order valence-corrected chi connectivity index (χ0v) is 7.64. The fourth-order valence-electron chi connectivity index (χ4n) is 1.23. The van der Waals surface area contributed by atoms with Crippen LogP contribution in [0.2, 0.25) is 0 Å². The van der Waals surface area contributed by atoms with Gasteiger partial charge in [0.2, 0.25) is 0 Å². The lowest BCUT2D eigenvalue weighted by Gasteiger charge is -2.05. The van der Waals surface area contributed by atoms with E-state index in [0.717, 1.165) is 16.9 Å². The number of nitrogen functional groups attached to an aromatic ring is 1. The maximum absolute atomic E-state index is 5.61. The van der Waals surface area contributed by atoms with Gasteiger partial charge in [-0.3, -0.25) is 4.99 Å². The molecule has 0 saturated heterocycles. The Morgan fingerprint density at radius 2 is 1.93 bits per heavy atom. The lowest BCUT2D eigenvalue weighted by atomic mass is 10.1. The highest BCUT2D eigenvalue weighted by Gasteiger charge is 1.98. The van der Waals surface area contributed by atoms with Crippen molar-refractivity contribution in [1.82, 2.24) is 5.32 Å². The number of aliphatic imine (C=N–C) groups is 1. The van der Waals surface area contributed by atoms with E-state index in [9.17, 15) is 0 Å². The van der Waals surface area contributed by atoms with E-state index in [1.165, 1.54) is 0 Å². The lowest BCUT2D eigenvalue weighted by molar-refractivity contribution is 1.21. The highest BCUT2D eigenvalue weighted by atomic mass is 14.9. The number of benzene rings is 1. The van der Waals surface area contributed by atoms with Crippen LogP contribution in [0, 0.1) is 0 Å². The summed E-state index contributed by atoms with van der Waals surface area (Å²) in [5.41, 5.74) is 8.49. The molecule has 70 valence electrons. The molecule has 2 rings (SSSR count). The van der Waals surface area contributed by atoms with E-state index in [-0.39, 0.29) is 0 Å². The minimum atomic E-state index is 0.771. The molecule has 3 nitrogen and oxygen atoms in total. The Labute approximate surface area is 82.7 Å². The zero-order chi connectivity index (χ0) is 9.80. The lowest BCUT2D eigenvalue weighted by Crippen LogP contribution is -2.02. The fraction of sp³-hybridized carbons (Fsp3) is 0. The molecule has 0 fully saturated rings. The Bertz CT molecular complexity index is 399. The zero-order valence-electron chi connectivity index (χ0n) is 7.64. The van der Waals surface area contributed by atoms with Crippen LogP contribution in [0.3, 0.4) is 0 Å². The van der Waals surface area contributed by atoms with Crippen molar-refractivity contribution >= 4 is 17.6 Å². The van der Waals surface area contributed by atoms with E-state index in [1.54, 1.807) is 18.6 Å². The molecule has 0 aromatic heterocycles. The van der Waals surface area contributed by atoms with Gasteiger partial charge in [0.05, 0.1) is 0 Å². The molecule has 1 aromatic rings. The van der Waals surface area contributed by atoms with Gasteiger partial charge in [-0.2, -0.15) is 0 Å². The number of rotatable bonds is 1. The van der Waals surface area contributed by atoms with Crippen LogP contribution in [0.15, 0.2) is 47.7 Å². The second-order valence-corrected chi connectivity index (χ2v) is 2.96. The minimum Gasteiger partial charge on any atom is -0.399 e. The first-order chi connectivity index (χ1) is 6.86. The standard InChI is InChI=1S/C11H11N3/c12-10-3-1-9(2-4-10)11-5-6-13-7-8-14-11/h1-8,14H,12H2. The van der Waals surface area contributed by atoms with Gasteiger partial charge in [-0.15, -0.1) is 0 Å². The van der Waals surface area contributed by atoms with Crippen molar-refractivity contribution in [3.63, 3.8) is 0 Å². The number of anilines is 1. The predicted molar refractivity (Wildman–Crippen MR) is 59.6 cm³/mol. The van der Waals surface area contributed by atoms with Crippen molar-refractivity contribution in [3.05, 3.63) is 48.3 Å². The largest absolute Gasteiger partial charge is 0.399 e. The van der Waals surface area contributed by atoms with Crippen LogP contribution in [0.25, 0.3) is 5.70 Å². The van der Waals surface area contributed by atoms with Gasteiger partial charge < -0.3 is 11.1 Å². The monoisotopic (exact) mass is 185 g/mol. The van der Waals surface area contributed by atoms with Crippen LogP contribution in [0.5, 0.6) is 0 Å². The summed E-state index contributed by atoms with van der Waals surface area (Å²) in [5.74, 6) is 0. The Morgan fingerprint density at radius 3 is 2.71 bits per heavy atom. The molecule has 0 bridgehead atoms. The maximum Gasteiger partial charge on any atom is 0.0469 e. The molecule has 0 unspecified atom stereocenters. The van der Waals surface area contributed by atoms with Crippen molar-refractivity contribution in [2.75, 3.05) is 5.73 Å². The summed E-state index contributed by atoms with van der Waals surface area (Å²) >= 11 is 0. The van der Waals surface area contributed by atoms with E-state index in [4.69, 9.17) is 5.73 Å². The Hall–Kier alpha value is -2.03. The predicted octanol–water partition coefficient (Wildman–Crippen LogP) is 1.75. The van der Waals surface area contributed by atoms with Crippen LogP contribution in [0.4, 0.5) is 5.69 Å². The molecule has 0 spiro atoms. The number of nitrogens with two attached hydrogens (primary N) is 1. The first kappa shape index (κ1) is 8.56. The number of hydrogen-bond donors (Lipinski definition) is 2. The van der Waals surface area contributed by atoms with E-state index >= 15 is 0 Å².